The van der Waals surface area contributed by atoms with Gasteiger partial charge in [-0.15, -0.1) is 0 Å². The van der Waals surface area contributed by atoms with Gasteiger partial charge in [-0.25, -0.2) is 4.79 Å². The second-order valence-corrected chi connectivity index (χ2v) is 6.51. The van der Waals surface area contributed by atoms with Gasteiger partial charge in [0.15, 0.2) is 0 Å². The Balaban J connectivity index is 1.75. The molecule has 3 aromatic rings. The molecule has 7 heteroatoms. The molecule has 0 amide bonds. The first-order valence-electron chi connectivity index (χ1n) is 8.59. The van der Waals surface area contributed by atoms with Gasteiger partial charge < -0.3 is 10.1 Å². The number of rotatable bonds is 3. The fourth-order valence-corrected chi connectivity index (χ4v) is 3.10. The Labute approximate surface area is 156 Å². The van der Waals surface area contributed by atoms with Crippen molar-refractivity contribution in [3.63, 3.8) is 0 Å². The second kappa shape index (κ2) is 6.68. The van der Waals surface area contributed by atoms with Crippen LogP contribution in [0.25, 0.3) is 5.70 Å². The molecule has 1 N–H and O–H groups in total. The highest BCUT2D eigenvalue weighted by Crippen LogP contribution is 2.32. The van der Waals surface area contributed by atoms with Crippen molar-refractivity contribution in [2.24, 2.45) is 0 Å². The minimum Gasteiger partial charge on any atom is -0.465 e. The van der Waals surface area contributed by atoms with E-state index in [2.05, 4.69) is 59.0 Å². The molecule has 2 heterocycles. The van der Waals surface area contributed by atoms with Gasteiger partial charge in [0.1, 0.15) is 6.04 Å². The van der Waals surface area contributed by atoms with E-state index in [-0.39, 0.29) is 12.0 Å². The summed E-state index contributed by atoms with van der Waals surface area (Å²) in [6, 6.07) is 13.4. The molecule has 0 aliphatic carbocycles. The lowest BCUT2D eigenvalue weighted by molar-refractivity contribution is 0.0600. The van der Waals surface area contributed by atoms with Crippen LogP contribution in [0, 0.1) is 13.8 Å². The molecule has 1 unspecified atom stereocenters. The van der Waals surface area contributed by atoms with E-state index in [1.165, 1.54) is 18.2 Å². The van der Waals surface area contributed by atoms with E-state index >= 15 is 0 Å². The number of nitrogens with zero attached hydrogens (tertiary/aromatic N) is 4. The summed E-state index contributed by atoms with van der Waals surface area (Å²) in [4.78, 5) is 11.7. The Morgan fingerprint density at radius 3 is 2.59 bits per heavy atom. The van der Waals surface area contributed by atoms with Crippen LogP contribution in [-0.4, -0.2) is 33.3 Å². The number of aromatic nitrogens is 4. The third-order valence-corrected chi connectivity index (χ3v) is 4.82. The lowest BCUT2D eigenvalue weighted by Crippen LogP contribution is -2.20. The zero-order valence-electron chi connectivity index (χ0n) is 15.3. The maximum atomic E-state index is 11.7. The molecule has 2 aromatic carbocycles. The van der Waals surface area contributed by atoms with E-state index in [9.17, 15) is 4.79 Å². The quantitative estimate of drug-likeness (QED) is 0.722. The molecule has 7 nitrogen and oxygen atoms in total. The molecular weight excluding hydrogens is 342 g/mol. The molecule has 0 bridgehead atoms. The summed E-state index contributed by atoms with van der Waals surface area (Å²) < 4.78 is 6.48. The van der Waals surface area contributed by atoms with Crippen molar-refractivity contribution in [2.75, 3.05) is 12.4 Å². The van der Waals surface area contributed by atoms with Crippen molar-refractivity contribution in [1.29, 1.82) is 0 Å². The third-order valence-electron chi connectivity index (χ3n) is 4.82. The maximum absolute atomic E-state index is 11.7. The molecule has 0 saturated heterocycles. The van der Waals surface area contributed by atoms with Crippen molar-refractivity contribution in [3.8, 4) is 0 Å². The summed E-state index contributed by atoms with van der Waals surface area (Å²) >= 11 is 0. The van der Waals surface area contributed by atoms with Gasteiger partial charge in [0.2, 0.25) is 5.95 Å². The number of benzene rings is 2. The normalized spacial score (nSPS) is 15.5. The first kappa shape index (κ1) is 17.0. The van der Waals surface area contributed by atoms with Gasteiger partial charge >= 0.3 is 5.97 Å². The van der Waals surface area contributed by atoms with Crippen LogP contribution in [0.2, 0.25) is 0 Å². The molecule has 0 saturated carbocycles. The van der Waals surface area contributed by atoms with Crippen LogP contribution in [-0.2, 0) is 4.74 Å². The number of hydrogen-bond acceptors (Lipinski definition) is 6. The maximum Gasteiger partial charge on any atom is 0.337 e. The molecule has 27 heavy (non-hydrogen) atoms. The van der Waals surface area contributed by atoms with E-state index in [4.69, 9.17) is 4.74 Å². The summed E-state index contributed by atoms with van der Waals surface area (Å²) in [6.45, 7) is 4.18. The molecule has 0 radical (unpaired) electrons. The van der Waals surface area contributed by atoms with Crippen LogP contribution in [0.4, 0.5) is 5.95 Å². The predicted molar refractivity (Wildman–Crippen MR) is 101 cm³/mol. The number of carbonyl (C=O) groups excluding carboxylic acids is 1. The number of carbonyl (C=O) groups is 1. The SMILES string of the molecule is COC(=O)c1ccc(C2C=C(c3ccc(C)c(C)c3)Nc3nnnn32)cc1. The van der Waals surface area contributed by atoms with Crippen LogP contribution >= 0.6 is 0 Å². The minimum atomic E-state index is -0.360. The molecule has 1 atom stereocenters. The monoisotopic (exact) mass is 361 g/mol. The average molecular weight is 361 g/mol. The molecule has 4 rings (SSSR count). The fraction of sp³-hybridized carbons (Fsp3) is 0.200. The zero-order valence-corrected chi connectivity index (χ0v) is 15.3. The second-order valence-electron chi connectivity index (χ2n) is 6.51. The Morgan fingerprint density at radius 1 is 1.11 bits per heavy atom. The highest BCUT2D eigenvalue weighted by molar-refractivity contribution is 5.89. The summed E-state index contributed by atoms with van der Waals surface area (Å²) in [5.41, 5.74) is 5.96. The lowest BCUT2D eigenvalue weighted by atomic mass is 9.99. The van der Waals surface area contributed by atoms with Crippen molar-refractivity contribution in [1.82, 2.24) is 20.2 Å². The van der Waals surface area contributed by atoms with Gasteiger partial charge in [0, 0.05) is 5.70 Å². The summed E-state index contributed by atoms with van der Waals surface area (Å²) in [6.07, 6.45) is 2.08. The molecule has 1 aromatic heterocycles. The Hall–Kier alpha value is -3.48. The van der Waals surface area contributed by atoms with E-state index in [0.29, 0.717) is 11.5 Å². The zero-order chi connectivity index (χ0) is 19.0. The number of allylic oxidation sites excluding steroid dienone is 1. The Bertz CT molecular complexity index is 1040. The average Bonchev–Trinajstić information content (AvgIpc) is 3.17. The van der Waals surface area contributed by atoms with Crippen LogP contribution < -0.4 is 5.32 Å². The molecule has 136 valence electrons. The lowest BCUT2D eigenvalue weighted by Gasteiger charge is -2.24. The smallest absolute Gasteiger partial charge is 0.337 e. The van der Waals surface area contributed by atoms with Crippen molar-refractivity contribution >= 4 is 17.6 Å². The minimum absolute atomic E-state index is 0.181. The number of anilines is 1. The number of fused-ring (bicyclic) bond motifs is 1. The summed E-state index contributed by atoms with van der Waals surface area (Å²) in [7, 11) is 1.37. The number of hydrogen-bond donors (Lipinski definition) is 1. The van der Waals surface area contributed by atoms with Gasteiger partial charge in [-0.2, -0.15) is 4.68 Å². The highest BCUT2D eigenvalue weighted by atomic mass is 16.5. The molecular formula is C20H19N5O2. The van der Waals surface area contributed by atoms with Gasteiger partial charge in [-0.05, 0) is 70.8 Å². The fourth-order valence-electron chi connectivity index (χ4n) is 3.10. The molecule has 0 fully saturated rings. The van der Waals surface area contributed by atoms with Crippen molar-refractivity contribution in [2.45, 2.75) is 19.9 Å². The van der Waals surface area contributed by atoms with E-state index in [1.807, 2.05) is 12.1 Å². The first-order chi connectivity index (χ1) is 13.1. The Morgan fingerprint density at radius 2 is 1.89 bits per heavy atom. The van der Waals surface area contributed by atoms with Crippen molar-refractivity contribution in [3.05, 3.63) is 76.4 Å². The number of nitrogens with one attached hydrogen (secondary N) is 1. The Kier molecular flexibility index (Phi) is 4.19. The summed E-state index contributed by atoms with van der Waals surface area (Å²) in [5, 5.41) is 15.3. The highest BCUT2D eigenvalue weighted by Gasteiger charge is 2.24. The van der Waals surface area contributed by atoms with Crippen LogP contribution in [0.3, 0.4) is 0 Å². The van der Waals surface area contributed by atoms with Crippen molar-refractivity contribution < 1.29 is 9.53 Å². The van der Waals surface area contributed by atoms with Gasteiger partial charge in [-0.3, -0.25) is 0 Å². The number of tetrazole rings is 1. The predicted octanol–water partition coefficient (Wildman–Crippen LogP) is 3.13. The largest absolute Gasteiger partial charge is 0.465 e. The number of aryl methyl sites for hydroxylation is 2. The molecule has 1 aliphatic heterocycles. The molecule has 1 aliphatic rings. The number of methoxy groups -OCH3 is 1. The van der Waals surface area contributed by atoms with Gasteiger partial charge in [0.25, 0.3) is 0 Å². The van der Waals surface area contributed by atoms with Crippen LogP contribution in [0.5, 0.6) is 0 Å². The van der Waals surface area contributed by atoms with Crippen LogP contribution in [0.1, 0.15) is 38.7 Å². The third kappa shape index (κ3) is 3.08. The van der Waals surface area contributed by atoms with E-state index < -0.39 is 0 Å². The topological polar surface area (TPSA) is 81.9 Å². The summed E-state index contributed by atoms with van der Waals surface area (Å²) in [5.74, 6) is 0.217. The number of ether oxygens (including phenoxy) is 1. The number of esters is 1. The van der Waals surface area contributed by atoms with Gasteiger partial charge in [0.05, 0.1) is 12.7 Å². The van der Waals surface area contributed by atoms with E-state index in [0.717, 1.165) is 16.8 Å². The van der Waals surface area contributed by atoms with Crippen LogP contribution in [0.15, 0.2) is 48.5 Å². The van der Waals surface area contributed by atoms with E-state index in [1.54, 1.807) is 16.8 Å². The standard InChI is InChI=1S/C20H19N5O2/c1-12-4-5-16(10-13(12)2)17-11-18(25-20(21-17)22-23-24-25)14-6-8-15(9-7-14)19(26)27-3/h4-11,18H,1-3H3,(H,21,22,24). The molecule has 0 spiro atoms. The first-order valence-corrected chi connectivity index (χ1v) is 8.59. The van der Waals surface area contributed by atoms with Gasteiger partial charge in [-0.1, -0.05) is 29.4 Å².